The van der Waals surface area contributed by atoms with Crippen molar-refractivity contribution in [3.05, 3.63) is 0 Å². The Morgan fingerprint density at radius 2 is 0.486 bits per heavy atom. The fourth-order valence-electron chi connectivity index (χ4n) is 1.93. The van der Waals surface area contributed by atoms with Crippen molar-refractivity contribution >= 4 is 47.0 Å². The van der Waals surface area contributed by atoms with Gasteiger partial charge in [-0.15, -0.1) is 0 Å². The number of carbonyl (C=O) groups is 8. The van der Waals surface area contributed by atoms with Crippen molar-refractivity contribution in [2.45, 2.75) is 105 Å². The Bertz CT molecular complexity index is 541. The first-order chi connectivity index (χ1) is 16.5. The maximum absolute atomic E-state index is 10.2. The molecule has 0 N–H and O–H groups in total. The van der Waals surface area contributed by atoms with Gasteiger partial charge in [0.2, 0.25) is 0 Å². The number of carboxylic acid groups (broad SMARTS) is 4. The van der Waals surface area contributed by atoms with Crippen LogP contribution in [0, 0.1) is 0 Å². The molecule has 37 heavy (non-hydrogen) atoms. The monoisotopic (exact) mass is 564 g/mol. The molecule has 13 heteroatoms. The second-order valence-electron chi connectivity index (χ2n) is 7.71. The summed E-state index contributed by atoms with van der Waals surface area (Å²) in [7, 11) is 0. The quantitative estimate of drug-likeness (QED) is 0.185. The molecule has 0 amide bonds. The first-order valence-corrected chi connectivity index (χ1v) is 11.3. The Hall–Kier alpha value is -2.73. The van der Waals surface area contributed by atoms with Gasteiger partial charge in [-0.3, -0.25) is 0 Å². The van der Waals surface area contributed by atoms with E-state index in [-0.39, 0.29) is 70.5 Å². The predicted octanol–water partition coefficient (Wildman–Crippen LogP) is -2.02. The van der Waals surface area contributed by atoms with Crippen LogP contribution in [0.15, 0.2) is 0 Å². The van der Waals surface area contributed by atoms with E-state index in [1.165, 1.54) is 27.7 Å². The molecule has 0 aliphatic carbocycles. The molecule has 0 atom stereocenters. The van der Waals surface area contributed by atoms with E-state index in [9.17, 15) is 58.8 Å². The molecule has 0 heterocycles. The summed E-state index contributed by atoms with van der Waals surface area (Å²) in [5, 5.41) is 39.0. The largest absolute Gasteiger partial charge is 4.00 e. The van der Waals surface area contributed by atoms with Gasteiger partial charge < -0.3 is 58.8 Å². The predicted molar refractivity (Wildman–Crippen MR) is 118 cm³/mol. The van der Waals surface area contributed by atoms with Crippen LogP contribution in [0.4, 0.5) is 0 Å². The number of carboxylic acids is 4. The van der Waals surface area contributed by atoms with Crippen LogP contribution in [0.2, 0.25) is 0 Å². The first kappa shape index (κ1) is 44.3. The molecular weight excluding hydrogens is 528 g/mol. The summed E-state index contributed by atoms with van der Waals surface area (Å²) in [6.45, 7) is 5.76. The molecule has 0 spiro atoms. The summed E-state index contributed by atoms with van der Waals surface area (Å²) in [5.41, 5.74) is 0. The van der Waals surface area contributed by atoms with E-state index in [0.717, 1.165) is 0 Å². The van der Waals surface area contributed by atoms with Gasteiger partial charge in [0.25, 0.3) is 0 Å². The zero-order valence-electron chi connectivity index (χ0n) is 21.9. The van der Waals surface area contributed by atoms with Gasteiger partial charge >= 0.3 is 21.7 Å². The van der Waals surface area contributed by atoms with Gasteiger partial charge in [0.1, 0.15) is 23.1 Å². The minimum absolute atomic E-state index is 0. The van der Waals surface area contributed by atoms with Crippen LogP contribution < -0.4 is 20.4 Å². The first-order valence-electron chi connectivity index (χ1n) is 11.3. The van der Waals surface area contributed by atoms with E-state index in [1.54, 1.807) is 0 Å². The van der Waals surface area contributed by atoms with Crippen LogP contribution in [-0.2, 0) is 60.1 Å². The fourth-order valence-corrected chi connectivity index (χ4v) is 1.93. The van der Waals surface area contributed by atoms with Gasteiger partial charge in [-0.05, 0) is 79.1 Å². The molecule has 0 bridgehead atoms. The standard InChI is InChI=1S/4C6H10O3.Ti/c4*1-5(7)3-2-4-6(8)9;/h4*2-4H2,1H3,(H,8,9);/q;;;;+4/p-4. The molecule has 208 valence electrons. The Morgan fingerprint density at radius 1 is 0.351 bits per heavy atom. The smallest absolute Gasteiger partial charge is 0.550 e. The number of carbonyl (C=O) groups excluding carboxylic acids is 8. The van der Waals surface area contributed by atoms with Gasteiger partial charge in [-0.25, -0.2) is 0 Å². The van der Waals surface area contributed by atoms with Crippen LogP contribution in [-0.4, -0.2) is 47.0 Å². The van der Waals surface area contributed by atoms with Crippen LogP contribution in [0.25, 0.3) is 0 Å². The zero-order valence-corrected chi connectivity index (χ0v) is 23.4. The number of Topliss-reactive ketones (excluding diaryl/α,β-unsaturated/α-hetero) is 4. The van der Waals surface area contributed by atoms with Crippen molar-refractivity contribution in [3.63, 3.8) is 0 Å². The van der Waals surface area contributed by atoms with Crippen molar-refractivity contribution in [2.75, 3.05) is 0 Å². The molecule has 0 aliphatic heterocycles. The number of ketones is 4. The second kappa shape index (κ2) is 31.3. The molecule has 0 saturated carbocycles. The van der Waals surface area contributed by atoms with Gasteiger partial charge in [0.05, 0.1) is 0 Å². The molecule has 0 aromatic carbocycles. The molecule has 0 aliphatic rings. The summed E-state index contributed by atoms with van der Waals surface area (Å²) in [4.78, 5) is 79.9. The minimum Gasteiger partial charge on any atom is -0.550 e. The normalized spacial score (nSPS) is 8.76. The van der Waals surface area contributed by atoms with Crippen LogP contribution >= 0.6 is 0 Å². The number of aliphatic carboxylic acids is 4. The molecule has 0 unspecified atom stereocenters. The van der Waals surface area contributed by atoms with Crippen LogP contribution in [0.5, 0.6) is 0 Å². The van der Waals surface area contributed by atoms with Crippen LogP contribution in [0.1, 0.15) is 105 Å². The third kappa shape index (κ3) is 71.9. The van der Waals surface area contributed by atoms with Crippen LogP contribution in [0.3, 0.4) is 0 Å². The molecule has 0 saturated heterocycles. The Kier molecular flexibility index (Phi) is 37.5. The van der Waals surface area contributed by atoms with E-state index < -0.39 is 23.9 Å². The van der Waals surface area contributed by atoms with E-state index in [1.807, 2.05) is 0 Å². The molecular formula is C24H36O12Ti. The second-order valence-corrected chi connectivity index (χ2v) is 7.71. The van der Waals surface area contributed by atoms with Gasteiger partial charge in [-0.2, -0.15) is 0 Å². The van der Waals surface area contributed by atoms with Crippen molar-refractivity contribution in [2.24, 2.45) is 0 Å². The summed E-state index contributed by atoms with van der Waals surface area (Å²) in [5.74, 6) is -4.25. The topological polar surface area (TPSA) is 229 Å². The van der Waals surface area contributed by atoms with E-state index in [0.29, 0.717) is 51.4 Å². The molecule has 0 aromatic rings. The van der Waals surface area contributed by atoms with E-state index in [4.69, 9.17) is 0 Å². The van der Waals surface area contributed by atoms with Crippen molar-refractivity contribution in [3.8, 4) is 0 Å². The minimum atomic E-state index is -1.09. The van der Waals surface area contributed by atoms with E-state index in [2.05, 4.69) is 0 Å². The maximum atomic E-state index is 10.2. The molecule has 0 aromatic heterocycles. The van der Waals surface area contributed by atoms with Crippen molar-refractivity contribution < 1.29 is 80.5 Å². The van der Waals surface area contributed by atoms with Crippen molar-refractivity contribution in [1.29, 1.82) is 0 Å². The van der Waals surface area contributed by atoms with Gasteiger partial charge in [0, 0.05) is 49.6 Å². The summed E-state index contributed by atoms with van der Waals surface area (Å²) >= 11 is 0. The third-order valence-corrected chi connectivity index (χ3v) is 3.64. The van der Waals surface area contributed by atoms with E-state index >= 15 is 0 Å². The number of hydrogen-bond acceptors (Lipinski definition) is 12. The SMILES string of the molecule is CC(=O)CCCC(=O)[O-].CC(=O)CCCC(=O)[O-].CC(=O)CCCC(=O)[O-].CC(=O)CCCC(=O)[O-].[Ti+4]. The maximum Gasteiger partial charge on any atom is 4.00 e. The average molecular weight is 564 g/mol. The zero-order chi connectivity index (χ0) is 29.1. The van der Waals surface area contributed by atoms with Gasteiger partial charge in [0.15, 0.2) is 0 Å². The van der Waals surface area contributed by atoms with Crippen molar-refractivity contribution in [1.82, 2.24) is 0 Å². The summed E-state index contributed by atoms with van der Waals surface area (Å²) in [6.07, 6.45) is 2.91. The van der Waals surface area contributed by atoms with Gasteiger partial charge in [-0.1, -0.05) is 0 Å². The Morgan fingerprint density at radius 3 is 0.568 bits per heavy atom. The Labute approximate surface area is 232 Å². The summed E-state index contributed by atoms with van der Waals surface area (Å²) < 4.78 is 0. The Balaban J connectivity index is -0.000000122. The average Bonchev–Trinajstić information content (AvgIpc) is 2.67. The number of hydrogen-bond donors (Lipinski definition) is 0. The molecule has 0 radical (unpaired) electrons. The third-order valence-electron chi connectivity index (χ3n) is 3.64. The fraction of sp³-hybridized carbons (Fsp3) is 0.667. The molecule has 0 fully saturated rings. The molecule has 12 nitrogen and oxygen atoms in total. The number of rotatable bonds is 16. The molecule has 0 rings (SSSR count). The summed E-state index contributed by atoms with van der Waals surface area (Å²) in [6, 6.07) is 0.